The molecule has 23 heavy (non-hydrogen) atoms. The molecule has 0 spiro atoms. The molecule has 0 unspecified atom stereocenters. The maximum atomic E-state index is 12.1. The predicted octanol–water partition coefficient (Wildman–Crippen LogP) is 2.49. The Kier molecular flexibility index (Phi) is 5.79. The second kappa shape index (κ2) is 8.02. The summed E-state index contributed by atoms with van der Waals surface area (Å²) in [6, 6.07) is 4.31. The first-order valence-corrected chi connectivity index (χ1v) is 7.55. The summed E-state index contributed by atoms with van der Waals surface area (Å²) in [4.78, 5) is 26.6. The molecule has 1 aromatic heterocycles. The second-order valence-electron chi connectivity index (χ2n) is 5.12. The fraction of sp³-hybridized carbons (Fsp3) is 0.400. The van der Waals surface area contributed by atoms with E-state index in [4.69, 9.17) is 0 Å². The third-order valence-corrected chi connectivity index (χ3v) is 3.42. The van der Waals surface area contributed by atoms with E-state index < -0.39 is 4.92 Å². The monoisotopic (exact) mass is 317 g/mol. The van der Waals surface area contributed by atoms with Gasteiger partial charge in [0.05, 0.1) is 4.92 Å². The highest BCUT2D eigenvalue weighted by molar-refractivity contribution is 5.95. The first kappa shape index (κ1) is 16.6. The molecular formula is C15H19N5O3. The summed E-state index contributed by atoms with van der Waals surface area (Å²) in [6.07, 6.45) is 6.88. The quantitative estimate of drug-likeness (QED) is 0.457. The van der Waals surface area contributed by atoms with E-state index >= 15 is 0 Å². The van der Waals surface area contributed by atoms with Gasteiger partial charge in [0.2, 0.25) is 0 Å². The first-order valence-electron chi connectivity index (χ1n) is 7.55. The normalized spacial score (nSPS) is 10.5. The van der Waals surface area contributed by atoms with E-state index in [1.165, 1.54) is 29.5 Å². The van der Waals surface area contributed by atoms with Crippen LogP contribution in [0.15, 0.2) is 30.9 Å². The number of nitrogens with zero attached hydrogens (tertiary/aromatic N) is 4. The van der Waals surface area contributed by atoms with Crippen molar-refractivity contribution < 1.29 is 9.72 Å². The Hall–Kier alpha value is -2.77. The summed E-state index contributed by atoms with van der Waals surface area (Å²) in [5.41, 5.74) is 0.345. The number of hydrogen-bond acceptors (Lipinski definition) is 5. The summed E-state index contributed by atoms with van der Waals surface area (Å²) in [7, 11) is 0. The minimum absolute atomic E-state index is 0.186. The number of amides is 1. The summed E-state index contributed by atoms with van der Waals surface area (Å²) < 4.78 is 1.30. The van der Waals surface area contributed by atoms with Gasteiger partial charge >= 0.3 is 0 Å². The van der Waals surface area contributed by atoms with Crippen molar-refractivity contribution in [2.24, 2.45) is 0 Å². The van der Waals surface area contributed by atoms with Crippen molar-refractivity contribution in [1.29, 1.82) is 0 Å². The molecular weight excluding hydrogens is 298 g/mol. The fourth-order valence-electron chi connectivity index (χ4n) is 2.19. The van der Waals surface area contributed by atoms with Gasteiger partial charge in [-0.2, -0.15) is 5.10 Å². The number of aromatic nitrogens is 3. The number of nitrogens with one attached hydrogen (secondary N) is 1. The average Bonchev–Trinajstić information content (AvgIpc) is 3.08. The van der Waals surface area contributed by atoms with Gasteiger partial charge in [0.25, 0.3) is 11.6 Å². The SMILES string of the molecule is CCCCCCNC(=O)c1ccc(-n2cncn2)c([N+](=O)[O-])c1. The van der Waals surface area contributed by atoms with E-state index in [9.17, 15) is 14.9 Å². The molecule has 1 aromatic carbocycles. The lowest BCUT2D eigenvalue weighted by Gasteiger charge is -2.07. The van der Waals surface area contributed by atoms with Gasteiger partial charge in [-0.3, -0.25) is 14.9 Å². The topological polar surface area (TPSA) is 103 Å². The molecule has 0 saturated carbocycles. The van der Waals surface area contributed by atoms with Crippen LogP contribution in [0.5, 0.6) is 0 Å². The molecule has 8 nitrogen and oxygen atoms in total. The van der Waals surface area contributed by atoms with Crippen LogP contribution in [0.3, 0.4) is 0 Å². The lowest BCUT2D eigenvalue weighted by Crippen LogP contribution is -2.24. The summed E-state index contributed by atoms with van der Waals surface area (Å²) in [5, 5.41) is 17.9. The Balaban J connectivity index is 2.10. The molecule has 0 bridgehead atoms. The van der Waals surface area contributed by atoms with Crippen molar-refractivity contribution in [3.63, 3.8) is 0 Å². The van der Waals surface area contributed by atoms with Crippen LogP contribution >= 0.6 is 0 Å². The van der Waals surface area contributed by atoms with Crippen molar-refractivity contribution in [2.75, 3.05) is 6.54 Å². The molecule has 0 radical (unpaired) electrons. The minimum atomic E-state index is -0.533. The number of carbonyl (C=O) groups excluding carboxylic acids is 1. The summed E-state index contributed by atoms with van der Waals surface area (Å²) >= 11 is 0. The molecule has 0 fully saturated rings. The standard InChI is InChI=1S/C15H19N5O3/c1-2-3-4-5-8-17-15(21)12-6-7-13(14(9-12)20(22)23)19-11-16-10-18-19/h6-7,9-11H,2-5,8H2,1H3,(H,17,21). The zero-order chi connectivity index (χ0) is 16.7. The van der Waals surface area contributed by atoms with Crippen molar-refractivity contribution in [3.05, 3.63) is 46.5 Å². The Bertz CT molecular complexity index is 670. The zero-order valence-corrected chi connectivity index (χ0v) is 12.9. The van der Waals surface area contributed by atoms with Crippen molar-refractivity contribution in [1.82, 2.24) is 20.1 Å². The van der Waals surface area contributed by atoms with Gasteiger partial charge in [-0.25, -0.2) is 9.67 Å². The highest BCUT2D eigenvalue weighted by Gasteiger charge is 2.19. The van der Waals surface area contributed by atoms with Gasteiger partial charge in [0.1, 0.15) is 18.3 Å². The smallest absolute Gasteiger partial charge is 0.295 e. The van der Waals surface area contributed by atoms with Gasteiger partial charge in [0, 0.05) is 18.2 Å². The van der Waals surface area contributed by atoms with Crippen LogP contribution in [-0.4, -0.2) is 32.1 Å². The molecule has 0 aliphatic carbocycles. The maximum absolute atomic E-state index is 12.1. The Labute approximate surface area is 133 Å². The van der Waals surface area contributed by atoms with Crippen LogP contribution in [-0.2, 0) is 0 Å². The van der Waals surface area contributed by atoms with Gasteiger partial charge < -0.3 is 5.32 Å². The van der Waals surface area contributed by atoms with Gasteiger partial charge in [-0.15, -0.1) is 0 Å². The number of carbonyl (C=O) groups is 1. The molecule has 0 saturated heterocycles. The zero-order valence-electron chi connectivity index (χ0n) is 12.9. The van der Waals surface area contributed by atoms with Crippen LogP contribution in [0, 0.1) is 10.1 Å². The number of rotatable bonds is 8. The lowest BCUT2D eigenvalue weighted by atomic mass is 10.1. The Morgan fingerprint density at radius 1 is 1.35 bits per heavy atom. The van der Waals surface area contributed by atoms with E-state index in [1.807, 2.05) is 0 Å². The number of benzene rings is 1. The summed E-state index contributed by atoms with van der Waals surface area (Å²) in [5.74, 6) is -0.310. The number of nitro benzene ring substituents is 1. The largest absolute Gasteiger partial charge is 0.352 e. The molecule has 0 aliphatic rings. The van der Waals surface area contributed by atoms with Gasteiger partial charge in [0.15, 0.2) is 0 Å². The van der Waals surface area contributed by atoms with Gasteiger partial charge in [-0.1, -0.05) is 26.2 Å². The maximum Gasteiger partial charge on any atom is 0.295 e. The lowest BCUT2D eigenvalue weighted by molar-refractivity contribution is -0.384. The van der Waals surface area contributed by atoms with Crippen molar-refractivity contribution >= 4 is 11.6 Å². The molecule has 122 valence electrons. The average molecular weight is 317 g/mol. The second-order valence-corrected chi connectivity index (χ2v) is 5.12. The third kappa shape index (κ3) is 4.35. The van der Waals surface area contributed by atoms with Crippen LogP contribution in [0.4, 0.5) is 5.69 Å². The molecule has 1 heterocycles. The number of nitro groups is 1. The van der Waals surface area contributed by atoms with Crippen LogP contribution in [0.25, 0.3) is 5.69 Å². The third-order valence-electron chi connectivity index (χ3n) is 3.42. The molecule has 2 aromatic rings. The summed E-state index contributed by atoms with van der Waals surface area (Å²) in [6.45, 7) is 2.69. The molecule has 0 atom stereocenters. The number of unbranched alkanes of at least 4 members (excludes halogenated alkanes) is 3. The highest BCUT2D eigenvalue weighted by atomic mass is 16.6. The van der Waals surface area contributed by atoms with Crippen LogP contribution in [0.2, 0.25) is 0 Å². The van der Waals surface area contributed by atoms with Crippen LogP contribution in [0.1, 0.15) is 43.0 Å². The van der Waals surface area contributed by atoms with Crippen LogP contribution < -0.4 is 5.32 Å². The molecule has 1 amide bonds. The van der Waals surface area contributed by atoms with E-state index in [0.717, 1.165) is 25.7 Å². The van der Waals surface area contributed by atoms with E-state index in [1.54, 1.807) is 6.07 Å². The highest BCUT2D eigenvalue weighted by Crippen LogP contribution is 2.23. The first-order chi connectivity index (χ1) is 11.1. The molecule has 1 N–H and O–H groups in total. The minimum Gasteiger partial charge on any atom is -0.352 e. The Morgan fingerprint density at radius 2 is 2.17 bits per heavy atom. The number of hydrogen-bond donors (Lipinski definition) is 1. The van der Waals surface area contributed by atoms with Crippen molar-refractivity contribution in [2.45, 2.75) is 32.6 Å². The van der Waals surface area contributed by atoms with E-state index in [-0.39, 0.29) is 22.8 Å². The van der Waals surface area contributed by atoms with E-state index in [0.29, 0.717) is 6.54 Å². The fourth-order valence-corrected chi connectivity index (χ4v) is 2.19. The predicted molar refractivity (Wildman–Crippen MR) is 84.5 cm³/mol. The molecule has 8 heteroatoms. The van der Waals surface area contributed by atoms with Crippen molar-refractivity contribution in [3.8, 4) is 5.69 Å². The molecule has 0 aliphatic heterocycles. The molecule has 2 rings (SSSR count). The van der Waals surface area contributed by atoms with Gasteiger partial charge in [-0.05, 0) is 18.6 Å². The Morgan fingerprint density at radius 3 is 2.83 bits per heavy atom. The van der Waals surface area contributed by atoms with E-state index in [2.05, 4.69) is 22.3 Å².